The summed E-state index contributed by atoms with van der Waals surface area (Å²) in [4.78, 5) is 16.9. The summed E-state index contributed by atoms with van der Waals surface area (Å²) in [5.74, 6) is 0.262. The first-order valence-electron chi connectivity index (χ1n) is 10.4. The molecule has 0 atom stereocenters. The summed E-state index contributed by atoms with van der Waals surface area (Å²) < 4.78 is 2.12. The highest BCUT2D eigenvalue weighted by atomic mass is 35.5. The van der Waals surface area contributed by atoms with Crippen LogP contribution in [0.1, 0.15) is 31.7 Å². The van der Waals surface area contributed by atoms with E-state index in [0.29, 0.717) is 23.3 Å². The Labute approximate surface area is 190 Å². The molecule has 0 spiro atoms. The van der Waals surface area contributed by atoms with E-state index in [1.54, 1.807) is 0 Å². The van der Waals surface area contributed by atoms with Crippen LogP contribution in [0, 0.1) is 0 Å². The monoisotopic (exact) mass is 453 g/mol. The van der Waals surface area contributed by atoms with E-state index in [9.17, 15) is 4.79 Å². The zero-order valence-corrected chi connectivity index (χ0v) is 18.9. The van der Waals surface area contributed by atoms with Gasteiger partial charge in [-0.25, -0.2) is 4.98 Å². The average Bonchev–Trinajstić information content (AvgIpc) is 3.08. The molecular weight excluding hydrogens is 430 g/mol. The number of amides is 1. The molecular formula is C23H24ClN5OS. The molecule has 2 aromatic carbocycles. The molecule has 1 N–H and O–H groups in total. The summed E-state index contributed by atoms with van der Waals surface area (Å²) in [6.07, 6.45) is 3.25. The van der Waals surface area contributed by atoms with E-state index in [1.807, 2.05) is 42.5 Å². The van der Waals surface area contributed by atoms with Crippen molar-refractivity contribution in [3.8, 4) is 0 Å². The summed E-state index contributed by atoms with van der Waals surface area (Å²) in [6.45, 7) is 3.47. The first kappa shape index (κ1) is 21.6. The SMILES string of the molecule is CCCCCNC(=O)CSc1nnc2c3ccccc3n(Cc3cccc(Cl)c3)c2n1. The molecule has 0 unspecified atom stereocenters. The fourth-order valence-corrected chi connectivity index (χ4v) is 4.34. The number of carbonyl (C=O) groups is 1. The van der Waals surface area contributed by atoms with E-state index in [1.165, 1.54) is 11.8 Å². The molecule has 0 aliphatic rings. The van der Waals surface area contributed by atoms with Crippen molar-refractivity contribution < 1.29 is 4.79 Å². The Balaban J connectivity index is 1.59. The van der Waals surface area contributed by atoms with Crippen LogP contribution >= 0.6 is 23.4 Å². The van der Waals surface area contributed by atoms with Crippen LogP contribution in [0.15, 0.2) is 53.7 Å². The number of para-hydroxylation sites is 1. The number of benzene rings is 2. The fraction of sp³-hybridized carbons (Fsp3) is 0.304. The molecule has 4 rings (SSSR count). The van der Waals surface area contributed by atoms with E-state index >= 15 is 0 Å². The molecule has 2 heterocycles. The molecule has 160 valence electrons. The summed E-state index contributed by atoms with van der Waals surface area (Å²) in [5.41, 5.74) is 3.62. The molecule has 2 aromatic heterocycles. The molecule has 6 nitrogen and oxygen atoms in total. The van der Waals surface area contributed by atoms with Crippen LogP contribution in [0.2, 0.25) is 5.02 Å². The summed E-state index contributed by atoms with van der Waals surface area (Å²) in [5, 5.41) is 13.8. The van der Waals surface area contributed by atoms with Gasteiger partial charge in [-0.2, -0.15) is 0 Å². The Kier molecular flexibility index (Phi) is 7.04. The van der Waals surface area contributed by atoms with Gasteiger partial charge >= 0.3 is 0 Å². The molecule has 0 radical (unpaired) electrons. The first-order chi connectivity index (χ1) is 15.2. The van der Waals surface area contributed by atoms with E-state index < -0.39 is 0 Å². The molecule has 0 fully saturated rings. The lowest BCUT2D eigenvalue weighted by atomic mass is 10.2. The van der Waals surface area contributed by atoms with Gasteiger partial charge in [0.1, 0.15) is 5.52 Å². The van der Waals surface area contributed by atoms with Crippen LogP contribution in [0.5, 0.6) is 0 Å². The van der Waals surface area contributed by atoms with Crippen molar-refractivity contribution in [3.05, 3.63) is 59.1 Å². The quantitative estimate of drug-likeness (QED) is 0.282. The number of fused-ring (bicyclic) bond motifs is 3. The third-order valence-electron chi connectivity index (χ3n) is 5.02. The maximum Gasteiger partial charge on any atom is 0.230 e. The molecule has 0 aliphatic heterocycles. The van der Waals surface area contributed by atoms with E-state index in [-0.39, 0.29) is 11.7 Å². The largest absolute Gasteiger partial charge is 0.355 e. The highest BCUT2D eigenvalue weighted by Crippen LogP contribution is 2.28. The van der Waals surface area contributed by atoms with Crippen molar-refractivity contribution in [2.75, 3.05) is 12.3 Å². The second-order valence-electron chi connectivity index (χ2n) is 7.35. The average molecular weight is 454 g/mol. The van der Waals surface area contributed by atoms with Crippen molar-refractivity contribution in [3.63, 3.8) is 0 Å². The third kappa shape index (κ3) is 5.17. The first-order valence-corrected chi connectivity index (χ1v) is 11.8. The fourth-order valence-electron chi connectivity index (χ4n) is 3.51. The molecule has 0 aliphatic carbocycles. The number of carbonyl (C=O) groups excluding carboxylic acids is 1. The lowest BCUT2D eigenvalue weighted by molar-refractivity contribution is -0.118. The zero-order chi connectivity index (χ0) is 21.6. The molecule has 0 saturated heterocycles. The van der Waals surface area contributed by atoms with Crippen LogP contribution in [-0.4, -0.2) is 38.0 Å². The lowest BCUT2D eigenvalue weighted by Crippen LogP contribution is -2.26. The minimum Gasteiger partial charge on any atom is -0.355 e. The van der Waals surface area contributed by atoms with Gasteiger partial charge in [-0.15, -0.1) is 10.2 Å². The van der Waals surface area contributed by atoms with E-state index in [4.69, 9.17) is 16.6 Å². The molecule has 0 saturated carbocycles. The number of rotatable bonds is 9. The Morgan fingerprint density at radius 2 is 2.00 bits per heavy atom. The minimum absolute atomic E-state index is 0.00993. The Hall–Kier alpha value is -2.64. The van der Waals surface area contributed by atoms with E-state index in [2.05, 4.69) is 33.1 Å². The predicted molar refractivity (Wildman–Crippen MR) is 127 cm³/mol. The van der Waals surface area contributed by atoms with Gasteiger partial charge < -0.3 is 9.88 Å². The predicted octanol–water partition coefficient (Wildman–Crippen LogP) is 5.08. The van der Waals surface area contributed by atoms with Crippen LogP contribution in [-0.2, 0) is 11.3 Å². The van der Waals surface area contributed by atoms with Gasteiger partial charge in [0.05, 0.1) is 11.3 Å². The van der Waals surface area contributed by atoms with Crippen molar-refractivity contribution in [2.24, 2.45) is 0 Å². The molecule has 0 bridgehead atoms. The van der Waals surface area contributed by atoms with Gasteiger partial charge in [0.25, 0.3) is 0 Å². The van der Waals surface area contributed by atoms with Crippen molar-refractivity contribution in [2.45, 2.75) is 37.9 Å². The van der Waals surface area contributed by atoms with Crippen molar-refractivity contribution in [1.29, 1.82) is 0 Å². The summed E-state index contributed by atoms with van der Waals surface area (Å²) in [7, 11) is 0. The topological polar surface area (TPSA) is 72.7 Å². The van der Waals surface area contributed by atoms with Crippen LogP contribution in [0.25, 0.3) is 22.1 Å². The molecule has 4 aromatic rings. The Morgan fingerprint density at radius 3 is 2.84 bits per heavy atom. The highest BCUT2D eigenvalue weighted by Gasteiger charge is 2.16. The Bertz CT molecular complexity index is 1210. The Morgan fingerprint density at radius 1 is 1.13 bits per heavy atom. The second kappa shape index (κ2) is 10.1. The zero-order valence-electron chi connectivity index (χ0n) is 17.3. The van der Waals surface area contributed by atoms with Crippen LogP contribution in [0.3, 0.4) is 0 Å². The highest BCUT2D eigenvalue weighted by molar-refractivity contribution is 7.99. The molecule has 31 heavy (non-hydrogen) atoms. The molecule has 1 amide bonds. The third-order valence-corrected chi connectivity index (χ3v) is 6.09. The minimum atomic E-state index is -0.00993. The van der Waals surface area contributed by atoms with Gasteiger partial charge in [-0.3, -0.25) is 4.79 Å². The van der Waals surface area contributed by atoms with Gasteiger partial charge in [-0.1, -0.05) is 73.5 Å². The van der Waals surface area contributed by atoms with E-state index in [0.717, 1.165) is 46.9 Å². The van der Waals surface area contributed by atoms with Gasteiger partial charge in [-0.05, 0) is 30.2 Å². The maximum absolute atomic E-state index is 12.1. The summed E-state index contributed by atoms with van der Waals surface area (Å²) in [6, 6.07) is 15.9. The van der Waals surface area contributed by atoms with Crippen molar-refractivity contribution >= 4 is 51.3 Å². The number of nitrogens with zero attached hydrogens (tertiary/aromatic N) is 4. The standard InChI is InChI=1S/C23H24ClN5OS/c1-2-3-6-12-25-20(30)15-31-23-26-22-21(27-28-23)18-10-4-5-11-19(18)29(22)14-16-8-7-9-17(24)13-16/h4-5,7-11,13H,2-3,6,12,14-15H2,1H3,(H,25,30). The van der Waals surface area contributed by atoms with Gasteiger partial charge in [0, 0.05) is 23.5 Å². The summed E-state index contributed by atoms with van der Waals surface area (Å²) >= 11 is 7.49. The van der Waals surface area contributed by atoms with Crippen LogP contribution in [0.4, 0.5) is 0 Å². The van der Waals surface area contributed by atoms with Gasteiger partial charge in [0.15, 0.2) is 5.65 Å². The lowest BCUT2D eigenvalue weighted by Gasteiger charge is -2.08. The number of unbranched alkanes of at least 4 members (excludes halogenated alkanes) is 2. The van der Waals surface area contributed by atoms with Crippen LogP contribution < -0.4 is 5.32 Å². The number of thioether (sulfide) groups is 1. The van der Waals surface area contributed by atoms with Crippen molar-refractivity contribution in [1.82, 2.24) is 25.1 Å². The second-order valence-corrected chi connectivity index (χ2v) is 8.72. The number of nitrogens with one attached hydrogen (secondary N) is 1. The van der Waals surface area contributed by atoms with Gasteiger partial charge in [0.2, 0.25) is 11.1 Å². The molecule has 8 heteroatoms. The normalized spacial score (nSPS) is 11.3. The maximum atomic E-state index is 12.1. The number of hydrogen-bond acceptors (Lipinski definition) is 5. The number of aromatic nitrogens is 4. The smallest absolute Gasteiger partial charge is 0.230 e. The number of hydrogen-bond donors (Lipinski definition) is 1. The number of halogens is 1.